The molecule has 0 fully saturated rings. The molecule has 0 saturated heterocycles. The van der Waals surface area contributed by atoms with Crippen LogP contribution in [0.4, 0.5) is 0 Å². The molecule has 0 aliphatic heterocycles. The predicted molar refractivity (Wildman–Crippen MR) is 152 cm³/mol. The summed E-state index contributed by atoms with van der Waals surface area (Å²) >= 11 is -4.91. The quantitative estimate of drug-likeness (QED) is 0.145. The van der Waals surface area contributed by atoms with E-state index in [0.29, 0.717) is 22.4 Å². The molecule has 0 aliphatic rings. The summed E-state index contributed by atoms with van der Waals surface area (Å²) in [7, 11) is 0. The molecule has 0 spiro atoms. The van der Waals surface area contributed by atoms with Gasteiger partial charge in [-0.1, -0.05) is 0 Å². The fourth-order valence-corrected chi connectivity index (χ4v) is 18.5. The number of carbonyl (C=O) groups excluding carboxylic acids is 2. The zero-order chi connectivity index (χ0) is 25.9. The Morgan fingerprint density at radius 2 is 0.829 bits per heavy atom. The summed E-state index contributed by atoms with van der Waals surface area (Å²) in [6.07, 6.45) is 0.751. The molecule has 0 aliphatic carbocycles. The van der Waals surface area contributed by atoms with E-state index in [2.05, 4.69) is 41.5 Å². The molecule has 35 heavy (non-hydrogen) atoms. The van der Waals surface area contributed by atoms with Crippen LogP contribution in [0.1, 0.15) is 68.7 Å². The minimum atomic E-state index is -2.45. The Morgan fingerprint density at radius 3 is 1.09 bits per heavy atom. The molecule has 0 unspecified atom stereocenters. The van der Waals surface area contributed by atoms with Crippen molar-refractivity contribution >= 4 is 35.8 Å². The van der Waals surface area contributed by atoms with E-state index in [1.54, 1.807) is 0 Å². The standard InChI is InChI=1S/C29H44Ge2O4/c1-7-30(8-2,9-3)28(32)24-14-18-26(19-15-24)34-22-13-23-35-27-20-16-25(17-21-27)29(33)31(10-4,11-5)12-6/h14-21H,7-13,22-23H2,1-6H3. The zero-order valence-electron chi connectivity index (χ0n) is 22.6. The summed E-state index contributed by atoms with van der Waals surface area (Å²) in [6, 6.07) is 15.3. The van der Waals surface area contributed by atoms with Crippen LogP contribution in [0.15, 0.2) is 48.5 Å². The van der Waals surface area contributed by atoms with Gasteiger partial charge >= 0.3 is 219 Å². The third-order valence-corrected chi connectivity index (χ3v) is 30.4. The van der Waals surface area contributed by atoms with Crippen molar-refractivity contribution in [2.75, 3.05) is 13.2 Å². The topological polar surface area (TPSA) is 52.6 Å². The van der Waals surface area contributed by atoms with Gasteiger partial charge in [0.2, 0.25) is 0 Å². The van der Waals surface area contributed by atoms with Gasteiger partial charge < -0.3 is 0 Å². The molecule has 192 valence electrons. The fourth-order valence-electron chi connectivity index (χ4n) is 4.92. The average Bonchev–Trinajstić information content (AvgIpc) is 2.91. The molecule has 0 bridgehead atoms. The van der Waals surface area contributed by atoms with Crippen LogP contribution in [0.3, 0.4) is 0 Å². The van der Waals surface area contributed by atoms with Crippen molar-refractivity contribution in [3.05, 3.63) is 59.7 Å². The molecule has 2 aromatic carbocycles. The maximum absolute atomic E-state index is 13.1. The van der Waals surface area contributed by atoms with Crippen molar-refractivity contribution in [1.29, 1.82) is 0 Å². The van der Waals surface area contributed by atoms with Crippen molar-refractivity contribution < 1.29 is 19.1 Å². The number of rotatable bonds is 16. The number of benzene rings is 2. The number of ether oxygens (including phenoxy) is 2. The normalized spacial score (nSPS) is 11.8. The Hall–Kier alpha value is -1.53. The minimum absolute atomic E-state index is 0.415. The van der Waals surface area contributed by atoms with Gasteiger partial charge in [0.1, 0.15) is 0 Å². The van der Waals surface area contributed by atoms with E-state index in [1.807, 2.05) is 48.5 Å². The van der Waals surface area contributed by atoms with Gasteiger partial charge in [-0.3, -0.25) is 0 Å². The fraction of sp³-hybridized carbons (Fsp3) is 0.517. The predicted octanol–water partition coefficient (Wildman–Crippen LogP) is 8.00. The van der Waals surface area contributed by atoms with Gasteiger partial charge in [-0.05, 0) is 0 Å². The average molecular weight is 602 g/mol. The Balaban J connectivity index is 1.82. The number of carbonyl (C=O) groups is 2. The first-order valence-electron chi connectivity index (χ1n) is 13.4. The second-order valence-electron chi connectivity index (χ2n) is 9.44. The first-order valence-corrected chi connectivity index (χ1v) is 24.4. The second-order valence-corrected chi connectivity index (χ2v) is 31.0. The van der Waals surface area contributed by atoms with Crippen molar-refractivity contribution in [1.82, 2.24) is 0 Å². The van der Waals surface area contributed by atoms with Gasteiger partial charge in [0.25, 0.3) is 0 Å². The van der Waals surface area contributed by atoms with Gasteiger partial charge in [0.15, 0.2) is 0 Å². The molecule has 6 heteroatoms. The SMILES string of the molecule is C[CH2][Ge]([CH2]C)([CH2]C)[C](=O)c1ccc(OCCCOc2ccc([C](=O)[Ge]([CH2]C)([CH2]C)[CH2]C)cc2)cc1. The van der Waals surface area contributed by atoms with Crippen molar-refractivity contribution in [2.45, 2.75) is 79.5 Å². The molecule has 0 amide bonds. The van der Waals surface area contributed by atoms with E-state index < -0.39 is 26.5 Å². The van der Waals surface area contributed by atoms with Crippen LogP contribution < -0.4 is 9.47 Å². The number of hydrogen-bond donors (Lipinski definition) is 0. The first kappa shape index (κ1) is 29.7. The van der Waals surface area contributed by atoms with Gasteiger partial charge in [0.05, 0.1) is 0 Å². The van der Waals surface area contributed by atoms with Crippen LogP contribution >= 0.6 is 0 Å². The van der Waals surface area contributed by atoms with Crippen LogP contribution in [0.5, 0.6) is 11.5 Å². The molecule has 2 aromatic rings. The van der Waals surface area contributed by atoms with Gasteiger partial charge in [-0.15, -0.1) is 0 Å². The molecule has 0 saturated carbocycles. The van der Waals surface area contributed by atoms with Crippen LogP contribution in [0, 0.1) is 0 Å². The summed E-state index contributed by atoms with van der Waals surface area (Å²) in [5.41, 5.74) is 1.68. The molecule has 0 aromatic heterocycles. The Morgan fingerprint density at radius 1 is 0.543 bits per heavy atom. The Labute approximate surface area is 217 Å². The zero-order valence-corrected chi connectivity index (χ0v) is 26.8. The number of hydrogen-bond acceptors (Lipinski definition) is 4. The Kier molecular flexibility index (Phi) is 12.1. The van der Waals surface area contributed by atoms with Crippen molar-refractivity contribution in [3.8, 4) is 11.5 Å². The summed E-state index contributed by atoms with van der Waals surface area (Å²) in [5.74, 6) is 1.56. The van der Waals surface area contributed by atoms with E-state index in [4.69, 9.17) is 9.47 Å². The van der Waals surface area contributed by atoms with Crippen LogP contribution in [-0.2, 0) is 0 Å². The van der Waals surface area contributed by atoms with E-state index in [1.165, 1.54) is 0 Å². The third-order valence-electron chi connectivity index (χ3n) is 8.08. The molecule has 2 rings (SSSR count). The second kappa shape index (κ2) is 14.3. The van der Waals surface area contributed by atoms with E-state index >= 15 is 0 Å². The maximum atomic E-state index is 13.1. The van der Waals surface area contributed by atoms with Gasteiger partial charge in [-0.25, -0.2) is 0 Å². The molecule has 0 atom stereocenters. The van der Waals surface area contributed by atoms with E-state index in [9.17, 15) is 9.59 Å². The molecule has 4 nitrogen and oxygen atoms in total. The van der Waals surface area contributed by atoms with E-state index in [-0.39, 0.29) is 0 Å². The van der Waals surface area contributed by atoms with Crippen molar-refractivity contribution in [2.24, 2.45) is 0 Å². The summed E-state index contributed by atoms with van der Waals surface area (Å²) in [4.78, 5) is 26.1. The molecular formula is C29H44Ge2O4. The summed E-state index contributed by atoms with van der Waals surface area (Å²) in [5, 5.41) is 6.26. The first-order chi connectivity index (χ1) is 16.8. The van der Waals surface area contributed by atoms with E-state index in [0.717, 1.165) is 60.6 Å². The monoisotopic (exact) mass is 604 g/mol. The molecule has 0 N–H and O–H groups in total. The van der Waals surface area contributed by atoms with Crippen LogP contribution in [0.2, 0.25) is 31.5 Å². The third kappa shape index (κ3) is 7.25. The van der Waals surface area contributed by atoms with Crippen LogP contribution in [0.25, 0.3) is 0 Å². The molecule has 0 heterocycles. The van der Waals surface area contributed by atoms with Gasteiger partial charge in [0, 0.05) is 0 Å². The molecule has 0 radical (unpaired) electrons. The Bertz CT molecular complexity index is 836. The molecular weight excluding hydrogens is 558 g/mol. The van der Waals surface area contributed by atoms with Crippen molar-refractivity contribution in [3.63, 3.8) is 0 Å². The summed E-state index contributed by atoms with van der Waals surface area (Å²) < 4.78 is 12.5. The van der Waals surface area contributed by atoms with Crippen LogP contribution in [-0.4, -0.2) is 49.0 Å². The summed E-state index contributed by atoms with van der Waals surface area (Å²) in [6.45, 7) is 14.2. The van der Waals surface area contributed by atoms with Gasteiger partial charge in [-0.2, -0.15) is 0 Å².